The number of nitrogens with zero attached hydrogens (tertiary/aromatic N) is 3. The van der Waals surface area contributed by atoms with E-state index in [0.29, 0.717) is 47.8 Å². The summed E-state index contributed by atoms with van der Waals surface area (Å²) in [7, 11) is 1.63. The third kappa shape index (κ3) is 6.09. The van der Waals surface area contributed by atoms with Gasteiger partial charge in [0.25, 0.3) is 5.56 Å². The molecule has 1 saturated heterocycles. The van der Waals surface area contributed by atoms with E-state index in [0.717, 1.165) is 17.0 Å². The Bertz CT molecular complexity index is 1180. The van der Waals surface area contributed by atoms with Crippen molar-refractivity contribution < 1.29 is 9.53 Å². The minimum atomic E-state index is -0.260. The number of amides is 1. The van der Waals surface area contributed by atoms with Gasteiger partial charge in [-0.1, -0.05) is 47.6 Å². The average Bonchev–Trinajstić information content (AvgIpc) is 2.83. The smallest absolute Gasteiger partial charge is 0.251 e. The maximum absolute atomic E-state index is 12.9. The number of rotatable bonds is 7. The Balaban J connectivity index is 1.35. The molecule has 1 fully saturated rings. The average molecular weight is 485 g/mol. The summed E-state index contributed by atoms with van der Waals surface area (Å²) in [6.45, 7) is 2.62. The van der Waals surface area contributed by atoms with Gasteiger partial charge in [-0.15, -0.1) is 0 Å². The van der Waals surface area contributed by atoms with Crippen molar-refractivity contribution >= 4 is 35.0 Å². The molecule has 1 aliphatic heterocycles. The largest absolute Gasteiger partial charge is 0.497 e. The predicted molar refractivity (Wildman–Crippen MR) is 131 cm³/mol. The molecule has 7 nitrogen and oxygen atoms in total. The lowest BCUT2D eigenvalue weighted by Crippen LogP contribution is -2.49. The molecule has 4 rings (SSSR count). The Morgan fingerprint density at radius 1 is 1.12 bits per heavy atom. The maximum atomic E-state index is 12.9. The fourth-order valence-corrected chi connectivity index (χ4v) is 4.82. The number of H-pyrrole nitrogens is 1. The molecule has 1 N–H and O–H groups in total. The van der Waals surface area contributed by atoms with Crippen molar-refractivity contribution in [3.63, 3.8) is 0 Å². The van der Waals surface area contributed by atoms with Crippen molar-refractivity contribution in [2.45, 2.75) is 17.3 Å². The molecule has 172 valence electrons. The van der Waals surface area contributed by atoms with Gasteiger partial charge in [-0.25, -0.2) is 4.98 Å². The van der Waals surface area contributed by atoms with Gasteiger partial charge in [0.1, 0.15) is 5.75 Å². The molecule has 1 aliphatic rings. The van der Waals surface area contributed by atoms with Crippen LogP contribution in [-0.2, 0) is 17.0 Å². The summed E-state index contributed by atoms with van der Waals surface area (Å²) in [5.74, 6) is 1.38. The van der Waals surface area contributed by atoms with Crippen LogP contribution in [0.1, 0.15) is 11.3 Å². The second kappa shape index (κ2) is 10.8. The normalized spacial score (nSPS) is 13.8. The lowest BCUT2D eigenvalue weighted by Gasteiger charge is -2.36. The zero-order valence-electron chi connectivity index (χ0n) is 18.3. The number of ether oxygens (including phenoxy) is 1. The van der Waals surface area contributed by atoms with Gasteiger partial charge in [0.15, 0.2) is 5.16 Å². The number of aromatic amines is 1. The number of para-hydroxylation sites is 1. The maximum Gasteiger partial charge on any atom is 0.251 e. The molecule has 0 unspecified atom stereocenters. The summed E-state index contributed by atoms with van der Waals surface area (Å²) in [6, 6.07) is 16.9. The second-order valence-corrected chi connectivity index (χ2v) is 9.05. The van der Waals surface area contributed by atoms with E-state index in [9.17, 15) is 9.59 Å². The van der Waals surface area contributed by atoms with Gasteiger partial charge in [-0.05, 0) is 29.8 Å². The number of hydrogen-bond donors (Lipinski definition) is 1. The van der Waals surface area contributed by atoms with E-state index >= 15 is 0 Å². The van der Waals surface area contributed by atoms with Crippen LogP contribution in [0.2, 0.25) is 5.02 Å². The Kier molecular flexibility index (Phi) is 7.57. The van der Waals surface area contributed by atoms with E-state index in [-0.39, 0.29) is 17.9 Å². The molecule has 0 aliphatic carbocycles. The number of thioether (sulfide) groups is 1. The Hall–Kier alpha value is -2.97. The number of aromatic nitrogens is 2. The van der Waals surface area contributed by atoms with Crippen LogP contribution in [0.5, 0.6) is 5.75 Å². The summed E-state index contributed by atoms with van der Waals surface area (Å²) in [5, 5.41) is 1.21. The molecule has 0 radical (unpaired) electrons. The summed E-state index contributed by atoms with van der Waals surface area (Å²) in [6.07, 6.45) is 0.0999. The van der Waals surface area contributed by atoms with Crippen molar-refractivity contribution in [1.29, 1.82) is 0 Å². The Labute approximate surface area is 201 Å². The number of carbonyl (C=O) groups excluding carboxylic acids is 1. The summed E-state index contributed by atoms with van der Waals surface area (Å²) in [4.78, 5) is 36.3. The standard InChI is InChI=1S/C24H25ClN4O3S/c1-32-19-6-4-5-17(13-19)16-33-24-26-18(14-22(30)27-24)15-23(31)29-11-9-28(10-12-29)21-8-3-2-7-20(21)25/h2-8,13-14H,9-12,15-16H2,1H3,(H,26,27,30). The molecule has 0 bridgehead atoms. The monoisotopic (exact) mass is 484 g/mol. The topological polar surface area (TPSA) is 78.5 Å². The highest BCUT2D eigenvalue weighted by molar-refractivity contribution is 7.98. The number of benzene rings is 2. The SMILES string of the molecule is COc1cccc(CSc2nc(CC(=O)N3CCN(c4ccccc4Cl)CC3)cc(=O)[nH]2)c1. The highest BCUT2D eigenvalue weighted by Crippen LogP contribution is 2.26. The number of nitrogens with one attached hydrogen (secondary N) is 1. The third-order valence-corrected chi connectivity index (χ3v) is 6.70. The number of halogens is 1. The third-order valence-electron chi connectivity index (χ3n) is 5.44. The zero-order chi connectivity index (χ0) is 23.2. The molecule has 9 heteroatoms. The summed E-state index contributed by atoms with van der Waals surface area (Å²) in [5.41, 5.74) is 2.26. The lowest BCUT2D eigenvalue weighted by molar-refractivity contribution is -0.130. The van der Waals surface area contributed by atoms with Crippen molar-refractivity contribution in [3.8, 4) is 5.75 Å². The quantitative estimate of drug-likeness (QED) is 0.407. The molecule has 0 atom stereocenters. The molecule has 0 spiro atoms. The molecular weight excluding hydrogens is 460 g/mol. The molecule has 1 amide bonds. The van der Waals surface area contributed by atoms with Crippen molar-refractivity contribution in [2.75, 3.05) is 38.2 Å². The van der Waals surface area contributed by atoms with Gasteiger partial charge in [-0.3, -0.25) is 9.59 Å². The molecular formula is C24H25ClN4O3S. The van der Waals surface area contributed by atoms with Gasteiger partial charge < -0.3 is 19.5 Å². The summed E-state index contributed by atoms with van der Waals surface area (Å²) < 4.78 is 5.25. The van der Waals surface area contributed by atoms with E-state index in [1.54, 1.807) is 7.11 Å². The van der Waals surface area contributed by atoms with Crippen LogP contribution in [-0.4, -0.2) is 54.1 Å². The van der Waals surface area contributed by atoms with E-state index in [1.807, 2.05) is 53.4 Å². The Morgan fingerprint density at radius 3 is 2.67 bits per heavy atom. The summed E-state index contributed by atoms with van der Waals surface area (Å²) >= 11 is 7.72. The lowest BCUT2D eigenvalue weighted by atomic mass is 10.2. The first-order valence-corrected chi connectivity index (χ1v) is 12.0. The number of hydrogen-bond acceptors (Lipinski definition) is 6. The van der Waals surface area contributed by atoms with Gasteiger partial charge in [0.05, 0.1) is 29.9 Å². The van der Waals surface area contributed by atoms with Crippen LogP contribution < -0.4 is 15.2 Å². The number of piperazine rings is 1. The first kappa shape index (κ1) is 23.2. The fraction of sp³-hybridized carbons (Fsp3) is 0.292. The molecule has 2 heterocycles. The van der Waals surface area contributed by atoms with E-state index in [4.69, 9.17) is 16.3 Å². The van der Waals surface area contributed by atoms with E-state index in [2.05, 4.69) is 14.9 Å². The molecule has 3 aromatic rings. The molecule has 0 saturated carbocycles. The molecule has 33 heavy (non-hydrogen) atoms. The van der Waals surface area contributed by atoms with Crippen molar-refractivity contribution in [2.24, 2.45) is 0 Å². The minimum Gasteiger partial charge on any atom is -0.497 e. The first-order chi connectivity index (χ1) is 16.0. The first-order valence-electron chi connectivity index (χ1n) is 10.6. The number of carbonyl (C=O) groups is 1. The van der Waals surface area contributed by atoms with Gasteiger partial charge in [0, 0.05) is 38.0 Å². The Morgan fingerprint density at radius 2 is 1.91 bits per heavy atom. The van der Waals surface area contributed by atoms with Crippen LogP contribution in [0.3, 0.4) is 0 Å². The van der Waals surface area contributed by atoms with Crippen molar-refractivity contribution in [3.05, 3.63) is 81.2 Å². The fourth-order valence-electron chi connectivity index (χ4n) is 3.73. The van der Waals surface area contributed by atoms with Gasteiger partial charge in [0.2, 0.25) is 5.91 Å². The predicted octanol–water partition coefficient (Wildman–Crippen LogP) is 3.62. The van der Waals surface area contributed by atoms with Crippen LogP contribution in [0.15, 0.2) is 64.5 Å². The highest BCUT2D eigenvalue weighted by atomic mass is 35.5. The van der Waals surface area contributed by atoms with Crippen LogP contribution >= 0.6 is 23.4 Å². The number of methoxy groups -OCH3 is 1. The zero-order valence-corrected chi connectivity index (χ0v) is 19.9. The highest BCUT2D eigenvalue weighted by Gasteiger charge is 2.23. The second-order valence-electron chi connectivity index (χ2n) is 7.68. The minimum absolute atomic E-state index is 0.0318. The van der Waals surface area contributed by atoms with Crippen LogP contribution in [0.25, 0.3) is 0 Å². The molecule has 2 aromatic carbocycles. The van der Waals surface area contributed by atoms with Gasteiger partial charge >= 0.3 is 0 Å². The van der Waals surface area contributed by atoms with Crippen LogP contribution in [0.4, 0.5) is 5.69 Å². The van der Waals surface area contributed by atoms with E-state index in [1.165, 1.54) is 17.8 Å². The van der Waals surface area contributed by atoms with E-state index < -0.39 is 0 Å². The van der Waals surface area contributed by atoms with Gasteiger partial charge in [-0.2, -0.15) is 0 Å². The van der Waals surface area contributed by atoms with Crippen molar-refractivity contribution in [1.82, 2.24) is 14.9 Å². The number of anilines is 1. The molecule has 1 aromatic heterocycles. The van der Waals surface area contributed by atoms with Crippen LogP contribution in [0, 0.1) is 0 Å².